The minimum absolute atomic E-state index is 0.236. The number of hydrogen-bond donors (Lipinski definition) is 3. The Balaban J connectivity index is 1.75. The van der Waals surface area contributed by atoms with Crippen LogP contribution in [-0.2, 0) is 19.3 Å². The van der Waals surface area contributed by atoms with E-state index in [1.54, 1.807) is 0 Å². The summed E-state index contributed by atoms with van der Waals surface area (Å²) in [4.78, 5) is 21.9. The van der Waals surface area contributed by atoms with Crippen molar-refractivity contribution < 1.29 is 4.79 Å². The highest BCUT2D eigenvalue weighted by Gasteiger charge is 2.16. The lowest BCUT2D eigenvalue weighted by molar-refractivity contribution is 0.252. The lowest BCUT2D eigenvalue weighted by atomic mass is 10.1. The second kappa shape index (κ2) is 8.99. The van der Waals surface area contributed by atoms with Gasteiger partial charge in [-0.2, -0.15) is 0 Å². The first-order chi connectivity index (χ1) is 13.1. The summed E-state index contributed by atoms with van der Waals surface area (Å²) in [6.45, 7) is 4.76. The number of nitrogens with zero attached hydrogens (tertiary/aromatic N) is 2. The standard InChI is InChI=1S/C20H27N5OS/c1-3-5-11-22-19(26)25-20-24-16(4-2)17(27-20)18(21)23-15-10-9-13-7-6-8-14(13)12-15/h9-10,12H,3-8,11H2,1-2H3,(H2,21,23)(H2,22,24,25,26). The van der Waals surface area contributed by atoms with Crippen LogP contribution in [0.1, 0.15) is 54.8 Å². The van der Waals surface area contributed by atoms with Gasteiger partial charge in [-0.1, -0.05) is 37.7 Å². The smallest absolute Gasteiger partial charge is 0.321 e. The van der Waals surface area contributed by atoms with Gasteiger partial charge in [0, 0.05) is 6.54 Å². The summed E-state index contributed by atoms with van der Waals surface area (Å²) in [5, 5.41) is 6.17. The van der Waals surface area contributed by atoms with Gasteiger partial charge in [0.1, 0.15) is 5.84 Å². The van der Waals surface area contributed by atoms with Crippen molar-refractivity contribution in [3.63, 3.8) is 0 Å². The Morgan fingerprint density at radius 3 is 2.89 bits per heavy atom. The third kappa shape index (κ3) is 4.86. The molecule has 144 valence electrons. The summed E-state index contributed by atoms with van der Waals surface area (Å²) in [5.74, 6) is 0.446. The molecule has 1 aliphatic rings. The summed E-state index contributed by atoms with van der Waals surface area (Å²) in [7, 11) is 0. The minimum atomic E-state index is -0.236. The molecule has 0 saturated heterocycles. The summed E-state index contributed by atoms with van der Waals surface area (Å²) in [6.07, 6.45) is 6.20. The van der Waals surface area contributed by atoms with E-state index in [1.165, 1.54) is 28.9 Å². The van der Waals surface area contributed by atoms with Gasteiger partial charge in [-0.25, -0.2) is 14.8 Å². The monoisotopic (exact) mass is 385 g/mol. The van der Waals surface area contributed by atoms with E-state index >= 15 is 0 Å². The van der Waals surface area contributed by atoms with Crippen molar-refractivity contribution in [2.75, 3.05) is 11.9 Å². The molecule has 1 aromatic heterocycles. The normalized spacial score (nSPS) is 13.5. The molecule has 27 heavy (non-hydrogen) atoms. The fourth-order valence-corrected chi connectivity index (χ4v) is 4.13. The molecule has 0 spiro atoms. The van der Waals surface area contributed by atoms with Gasteiger partial charge >= 0.3 is 6.03 Å². The predicted molar refractivity (Wildman–Crippen MR) is 112 cm³/mol. The lowest BCUT2D eigenvalue weighted by Crippen LogP contribution is -2.29. The number of nitrogens with two attached hydrogens (primary N) is 1. The number of carbonyl (C=O) groups is 1. The highest BCUT2D eigenvalue weighted by atomic mass is 32.1. The molecule has 0 bridgehead atoms. The van der Waals surface area contributed by atoms with Crippen LogP contribution in [0.4, 0.5) is 15.6 Å². The number of aliphatic imine (C=N–C) groups is 1. The van der Waals surface area contributed by atoms with Gasteiger partial charge < -0.3 is 11.1 Å². The average molecular weight is 386 g/mol. The average Bonchev–Trinajstić information content (AvgIpc) is 3.28. The molecule has 0 radical (unpaired) electrons. The number of amidine groups is 1. The summed E-state index contributed by atoms with van der Waals surface area (Å²) in [6, 6.07) is 6.06. The van der Waals surface area contributed by atoms with Crippen molar-refractivity contribution in [3.05, 3.63) is 39.9 Å². The zero-order chi connectivity index (χ0) is 19.2. The molecular weight excluding hydrogens is 358 g/mol. The van der Waals surface area contributed by atoms with Crippen LogP contribution in [0.25, 0.3) is 0 Å². The number of carbonyl (C=O) groups excluding carboxylic acids is 1. The third-order valence-corrected chi connectivity index (χ3v) is 5.67. The van der Waals surface area contributed by atoms with Crippen molar-refractivity contribution in [1.82, 2.24) is 10.3 Å². The Bertz CT molecular complexity index is 843. The molecule has 6 nitrogen and oxygen atoms in total. The van der Waals surface area contributed by atoms with Crippen molar-refractivity contribution in [3.8, 4) is 0 Å². The van der Waals surface area contributed by atoms with Gasteiger partial charge in [-0.15, -0.1) is 0 Å². The Hall–Kier alpha value is -2.41. The van der Waals surface area contributed by atoms with E-state index in [4.69, 9.17) is 5.73 Å². The Kier molecular flexibility index (Phi) is 6.45. The number of aryl methyl sites for hydroxylation is 3. The molecule has 3 rings (SSSR count). The number of unbranched alkanes of at least 4 members (excludes halogenated alkanes) is 1. The van der Waals surface area contributed by atoms with E-state index in [-0.39, 0.29) is 6.03 Å². The highest BCUT2D eigenvalue weighted by molar-refractivity contribution is 7.17. The molecule has 0 saturated carbocycles. The number of benzene rings is 1. The SMILES string of the molecule is CCCCNC(=O)Nc1nc(CC)c(C(N)=Nc2ccc3c(c2)CCC3)s1. The first kappa shape index (κ1) is 19.4. The number of anilines is 1. The van der Waals surface area contributed by atoms with E-state index < -0.39 is 0 Å². The largest absolute Gasteiger partial charge is 0.382 e. The topological polar surface area (TPSA) is 92.4 Å². The van der Waals surface area contributed by atoms with Crippen molar-refractivity contribution >= 4 is 34.0 Å². The predicted octanol–water partition coefficient (Wildman–Crippen LogP) is 4.15. The first-order valence-electron chi connectivity index (χ1n) is 9.61. The molecule has 1 aliphatic carbocycles. The molecule has 7 heteroatoms. The highest BCUT2D eigenvalue weighted by Crippen LogP contribution is 2.28. The fraction of sp³-hybridized carbons (Fsp3) is 0.450. The third-order valence-electron chi connectivity index (χ3n) is 4.63. The number of amides is 2. The van der Waals surface area contributed by atoms with Crippen LogP contribution in [-0.4, -0.2) is 23.4 Å². The minimum Gasteiger partial charge on any atom is -0.382 e. The number of nitrogens with one attached hydrogen (secondary N) is 2. The van der Waals surface area contributed by atoms with Crippen molar-refractivity contribution in [2.45, 2.75) is 52.4 Å². The van der Waals surface area contributed by atoms with E-state index in [1.807, 2.05) is 13.0 Å². The Morgan fingerprint density at radius 1 is 1.30 bits per heavy atom. The van der Waals surface area contributed by atoms with Crippen LogP contribution >= 0.6 is 11.3 Å². The summed E-state index contributed by atoms with van der Waals surface area (Å²) >= 11 is 1.37. The van der Waals surface area contributed by atoms with Gasteiger partial charge in [0.25, 0.3) is 0 Å². The lowest BCUT2D eigenvalue weighted by Gasteiger charge is -2.03. The van der Waals surface area contributed by atoms with E-state index in [9.17, 15) is 4.79 Å². The molecule has 4 N–H and O–H groups in total. The van der Waals surface area contributed by atoms with Crippen molar-refractivity contribution in [1.29, 1.82) is 0 Å². The number of aromatic nitrogens is 1. The van der Waals surface area contributed by atoms with Crippen LogP contribution in [0.2, 0.25) is 0 Å². The van der Waals surface area contributed by atoms with Gasteiger partial charge in [0.05, 0.1) is 16.3 Å². The zero-order valence-electron chi connectivity index (χ0n) is 16.0. The van der Waals surface area contributed by atoms with E-state index in [2.05, 4.69) is 39.7 Å². The molecule has 0 unspecified atom stereocenters. The molecule has 2 amide bonds. The molecule has 0 fully saturated rings. The maximum atomic E-state index is 11.9. The second-order valence-electron chi connectivity index (χ2n) is 6.69. The van der Waals surface area contributed by atoms with Crippen LogP contribution in [0, 0.1) is 0 Å². The number of rotatable bonds is 7. The summed E-state index contributed by atoms with van der Waals surface area (Å²) < 4.78 is 0. The van der Waals surface area contributed by atoms with Crippen LogP contribution in [0.5, 0.6) is 0 Å². The van der Waals surface area contributed by atoms with Crippen LogP contribution in [0.3, 0.4) is 0 Å². The molecule has 1 aromatic carbocycles. The Morgan fingerprint density at radius 2 is 2.11 bits per heavy atom. The molecule has 0 aliphatic heterocycles. The van der Waals surface area contributed by atoms with Crippen molar-refractivity contribution in [2.24, 2.45) is 10.7 Å². The number of urea groups is 1. The number of thiazole rings is 1. The summed E-state index contributed by atoms with van der Waals surface area (Å²) in [5.41, 5.74) is 10.8. The van der Waals surface area contributed by atoms with Crippen LogP contribution in [0.15, 0.2) is 23.2 Å². The number of hydrogen-bond acceptors (Lipinski definition) is 4. The van der Waals surface area contributed by atoms with Crippen LogP contribution < -0.4 is 16.4 Å². The van der Waals surface area contributed by atoms with Gasteiger partial charge in [-0.3, -0.25) is 5.32 Å². The molecular formula is C20H27N5OS. The second-order valence-corrected chi connectivity index (χ2v) is 7.69. The van der Waals surface area contributed by atoms with Gasteiger partial charge in [0.2, 0.25) is 0 Å². The molecule has 1 heterocycles. The van der Waals surface area contributed by atoms with E-state index in [0.29, 0.717) is 17.5 Å². The van der Waals surface area contributed by atoms with E-state index in [0.717, 1.165) is 48.4 Å². The maximum Gasteiger partial charge on any atom is 0.321 e. The zero-order valence-corrected chi connectivity index (χ0v) is 16.8. The quantitative estimate of drug-likeness (QED) is 0.380. The Labute approximate surface area is 164 Å². The maximum absolute atomic E-state index is 11.9. The van der Waals surface area contributed by atoms with Gasteiger partial charge in [0.15, 0.2) is 5.13 Å². The fourth-order valence-electron chi connectivity index (χ4n) is 3.18. The number of fused-ring (bicyclic) bond motifs is 1. The molecule has 2 aromatic rings. The molecule has 0 atom stereocenters. The van der Waals surface area contributed by atoms with Gasteiger partial charge in [-0.05, 0) is 55.4 Å². The first-order valence-corrected chi connectivity index (χ1v) is 10.4.